The fraction of sp³-hybridized carbons (Fsp3) is 0.750. The molecule has 6 atom stereocenters. The number of carbonyl (C=O) groups excluding carboxylic acids is 2. The fourth-order valence-electron chi connectivity index (χ4n) is 6.95. The highest BCUT2D eigenvalue weighted by atomic mass is 32.1. The zero-order valence-electron chi connectivity index (χ0n) is 25.3. The summed E-state index contributed by atoms with van der Waals surface area (Å²) in [6.07, 6.45) is 4.25. The van der Waals surface area contributed by atoms with Crippen LogP contribution >= 0.6 is 11.3 Å². The van der Waals surface area contributed by atoms with E-state index in [2.05, 4.69) is 50.2 Å². The molecule has 4 fully saturated rings. The average Bonchev–Trinajstić information content (AvgIpc) is 3.55. The lowest BCUT2D eigenvalue weighted by Gasteiger charge is -2.64. The number of guanidine groups is 1. The number of thiophene rings is 1. The summed E-state index contributed by atoms with van der Waals surface area (Å²) < 4.78 is 13.2. The Hall–Kier alpha value is -2.71. The van der Waals surface area contributed by atoms with Crippen LogP contribution in [-0.4, -0.2) is 60.2 Å². The van der Waals surface area contributed by atoms with E-state index in [1.54, 1.807) is 16.8 Å². The predicted molar refractivity (Wildman–Crippen MR) is 162 cm³/mol. The van der Waals surface area contributed by atoms with E-state index in [9.17, 15) is 19.7 Å². The number of amides is 2. The van der Waals surface area contributed by atoms with Gasteiger partial charge in [-0.3, -0.25) is 9.59 Å². The minimum atomic E-state index is -0.818. The number of nitrogens with two attached hydrogens (primary N) is 1. The number of nitro groups is 1. The molecule has 5 N–H and O–H groups in total. The minimum absolute atomic E-state index is 0.00492. The largest absolute Gasteiger partial charge is 0.481 e. The Morgan fingerprint density at radius 1 is 1.29 bits per heavy atom. The standard InChI is InChI=1S/C28H45BN6O6S/c1-17(2)14-23(29-40-22-16-18-15-21(27(18,3)4)28(22,5)41-29)33-25(37)20(9-6-12-31-26(30)34-35(38)39)32-24(36)11-10-19-8-7-13-42-19/h7-8,13,17-18,20-23H,6,9-12,14-16H2,1-5H3,(H,32,36)(H,33,37)(H3,30,31,34)/t18-,20+,21-,22-,23+,28+/m1/s1. The highest BCUT2D eigenvalue weighted by Crippen LogP contribution is 2.65. The number of nitrogens with zero attached hydrogens (tertiary/aromatic N) is 2. The van der Waals surface area contributed by atoms with Gasteiger partial charge in [-0.25, -0.2) is 15.1 Å². The van der Waals surface area contributed by atoms with Crippen LogP contribution in [0.3, 0.4) is 0 Å². The molecule has 0 radical (unpaired) electrons. The maximum absolute atomic E-state index is 13.7. The van der Waals surface area contributed by atoms with Crippen molar-refractivity contribution in [3.05, 3.63) is 32.5 Å². The maximum atomic E-state index is 13.7. The van der Waals surface area contributed by atoms with Crippen molar-refractivity contribution in [3.63, 3.8) is 0 Å². The molecule has 0 spiro atoms. The Morgan fingerprint density at radius 2 is 2.05 bits per heavy atom. The summed E-state index contributed by atoms with van der Waals surface area (Å²) >= 11 is 1.59. The summed E-state index contributed by atoms with van der Waals surface area (Å²) in [5.41, 5.74) is 7.13. The minimum Gasteiger partial charge on any atom is -0.404 e. The Balaban J connectivity index is 1.42. The molecule has 0 aromatic carbocycles. The van der Waals surface area contributed by atoms with Crippen LogP contribution in [0, 0.1) is 33.3 Å². The molecule has 2 amide bonds. The predicted octanol–water partition coefficient (Wildman–Crippen LogP) is 2.84. The monoisotopic (exact) mass is 604 g/mol. The van der Waals surface area contributed by atoms with Gasteiger partial charge in [-0.05, 0) is 80.1 Å². The molecule has 12 nitrogen and oxygen atoms in total. The van der Waals surface area contributed by atoms with Gasteiger partial charge in [-0.1, -0.05) is 39.2 Å². The number of rotatable bonds is 14. The molecule has 1 aliphatic heterocycles. The van der Waals surface area contributed by atoms with E-state index < -0.39 is 23.8 Å². The lowest BCUT2D eigenvalue weighted by Crippen LogP contribution is -2.65. The summed E-state index contributed by atoms with van der Waals surface area (Å²) in [7, 11) is -0.575. The summed E-state index contributed by atoms with van der Waals surface area (Å²) in [5, 5.41) is 17.8. The smallest absolute Gasteiger partial charge is 0.404 e. The lowest BCUT2D eigenvalue weighted by molar-refractivity contribution is -0.525. The van der Waals surface area contributed by atoms with Gasteiger partial charge in [-0.15, -0.1) is 11.3 Å². The number of hydrazine groups is 1. The highest BCUT2D eigenvalue weighted by Gasteiger charge is 2.68. The first kappa shape index (κ1) is 32.2. The van der Waals surface area contributed by atoms with Crippen molar-refractivity contribution in [3.8, 4) is 0 Å². The molecule has 2 heterocycles. The van der Waals surface area contributed by atoms with E-state index in [-0.39, 0.29) is 60.5 Å². The Kier molecular flexibility index (Phi) is 10.2. The molecule has 3 saturated carbocycles. The summed E-state index contributed by atoms with van der Waals surface area (Å²) in [4.78, 5) is 42.2. The van der Waals surface area contributed by atoms with Crippen molar-refractivity contribution < 1.29 is 23.9 Å². The molecule has 5 rings (SSSR count). The van der Waals surface area contributed by atoms with Gasteiger partial charge in [0.1, 0.15) is 6.04 Å². The molecule has 1 saturated heterocycles. The third kappa shape index (κ3) is 7.43. The number of nitrogens with one attached hydrogen (secondary N) is 3. The molecule has 1 aromatic heterocycles. The molecular weight excluding hydrogens is 559 g/mol. The SMILES string of the molecule is CC(C)C[C@H](NC(=O)[C@H](CCCN=C(N)N[N+](=O)[O-])NC(=O)CCc1cccs1)B1O[C@@H]2C[C@H]3C[C@H](C3(C)C)[C@]2(C)O1. The maximum Gasteiger partial charge on any atom is 0.481 e. The molecule has 1 aromatic rings. The van der Waals surface area contributed by atoms with Crippen LogP contribution in [-0.2, 0) is 25.3 Å². The van der Waals surface area contributed by atoms with Crippen LogP contribution in [0.4, 0.5) is 0 Å². The Bertz CT molecular complexity index is 1150. The first-order valence-electron chi connectivity index (χ1n) is 15.0. The number of hydrogen-bond acceptors (Lipinski definition) is 8. The van der Waals surface area contributed by atoms with E-state index in [1.807, 2.05) is 17.5 Å². The van der Waals surface area contributed by atoms with Crippen molar-refractivity contribution >= 4 is 36.2 Å². The van der Waals surface area contributed by atoms with E-state index in [4.69, 9.17) is 15.0 Å². The van der Waals surface area contributed by atoms with Crippen LogP contribution in [0.1, 0.15) is 78.0 Å². The Labute approximate surface area is 252 Å². The van der Waals surface area contributed by atoms with Gasteiger partial charge in [0.15, 0.2) is 5.03 Å². The second kappa shape index (κ2) is 13.3. The van der Waals surface area contributed by atoms with Gasteiger partial charge in [0, 0.05) is 17.8 Å². The quantitative estimate of drug-likeness (QED) is 0.0627. The number of aryl methyl sites for hydroxylation is 1. The first-order valence-corrected chi connectivity index (χ1v) is 15.8. The number of carbonyl (C=O) groups is 2. The third-order valence-corrected chi connectivity index (χ3v) is 10.3. The van der Waals surface area contributed by atoms with Crippen LogP contribution in [0.15, 0.2) is 22.5 Å². The second-order valence-electron chi connectivity index (χ2n) is 13.1. The summed E-state index contributed by atoms with van der Waals surface area (Å²) in [6.45, 7) is 11.1. The Morgan fingerprint density at radius 3 is 2.69 bits per heavy atom. The normalized spacial score (nSPS) is 27.5. The topological polar surface area (TPSA) is 170 Å². The molecule has 4 aliphatic rings. The molecule has 232 valence electrons. The summed E-state index contributed by atoms with van der Waals surface area (Å²) in [5.74, 6) is 0.0502. The number of aliphatic imine (C=N–C) groups is 1. The zero-order chi connectivity index (χ0) is 30.7. The molecule has 0 unspecified atom stereocenters. The van der Waals surface area contributed by atoms with Gasteiger partial charge in [0.2, 0.25) is 11.8 Å². The first-order chi connectivity index (χ1) is 19.8. The van der Waals surface area contributed by atoms with E-state index in [0.717, 1.165) is 17.7 Å². The van der Waals surface area contributed by atoms with Gasteiger partial charge in [0.25, 0.3) is 5.96 Å². The van der Waals surface area contributed by atoms with E-state index in [0.29, 0.717) is 31.1 Å². The van der Waals surface area contributed by atoms with Crippen LogP contribution in [0.25, 0.3) is 0 Å². The zero-order valence-corrected chi connectivity index (χ0v) is 26.1. The van der Waals surface area contributed by atoms with Crippen molar-refractivity contribution in [1.29, 1.82) is 0 Å². The van der Waals surface area contributed by atoms with Gasteiger partial charge >= 0.3 is 7.12 Å². The lowest BCUT2D eigenvalue weighted by atomic mass is 9.43. The van der Waals surface area contributed by atoms with Gasteiger partial charge in [0.05, 0.1) is 17.6 Å². The van der Waals surface area contributed by atoms with Crippen molar-refractivity contribution in [1.82, 2.24) is 16.1 Å². The van der Waals surface area contributed by atoms with Gasteiger partial charge < -0.3 is 25.7 Å². The average molecular weight is 605 g/mol. The van der Waals surface area contributed by atoms with Crippen LogP contribution in [0.2, 0.25) is 0 Å². The molecule has 14 heteroatoms. The molecule has 42 heavy (non-hydrogen) atoms. The third-order valence-electron chi connectivity index (χ3n) is 9.32. The fourth-order valence-corrected chi connectivity index (χ4v) is 7.66. The van der Waals surface area contributed by atoms with Crippen LogP contribution in [0.5, 0.6) is 0 Å². The highest BCUT2D eigenvalue weighted by molar-refractivity contribution is 7.09. The molecule has 2 bridgehead atoms. The van der Waals surface area contributed by atoms with Crippen molar-refractivity contribution in [2.75, 3.05) is 6.54 Å². The second-order valence-corrected chi connectivity index (χ2v) is 14.1. The summed E-state index contributed by atoms with van der Waals surface area (Å²) in [6, 6.07) is 3.10. The van der Waals surface area contributed by atoms with Gasteiger partial charge in [-0.2, -0.15) is 0 Å². The number of hydrogen-bond donors (Lipinski definition) is 4. The van der Waals surface area contributed by atoms with E-state index in [1.165, 1.54) is 0 Å². The van der Waals surface area contributed by atoms with Crippen LogP contribution < -0.4 is 21.8 Å². The van der Waals surface area contributed by atoms with Crippen molar-refractivity contribution in [2.45, 2.75) is 103 Å². The van der Waals surface area contributed by atoms with Crippen molar-refractivity contribution in [2.24, 2.45) is 33.9 Å². The van der Waals surface area contributed by atoms with E-state index >= 15 is 0 Å². The molecule has 3 aliphatic carbocycles. The molecular formula is C28H45BN6O6S.